The van der Waals surface area contributed by atoms with Gasteiger partial charge >= 0.3 is 0 Å². The molecule has 148 valence electrons. The number of hydrogen-bond donors (Lipinski definition) is 1. The number of nitrogens with zero attached hydrogens (tertiary/aromatic N) is 3. The van der Waals surface area contributed by atoms with Gasteiger partial charge in [0.2, 0.25) is 0 Å². The molecule has 0 spiro atoms. The highest BCUT2D eigenvalue weighted by Gasteiger charge is 2.17. The van der Waals surface area contributed by atoms with Crippen LogP contribution < -0.4 is 0 Å². The quantitative estimate of drug-likeness (QED) is 0.403. The first-order chi connectivity index (χ1) is 13.4. The Bertz CT molecular complexity index is 903. The summed E-state index contributed by atoms with van der Waals surface area (Å²) in [6.45, 7) is 0.976. The average molecular weight is 445 g/mol. The molecular formula is C18H16Cl3N3O4. The van der Waals surface area contributed by atoms with Crippen LogP contribution in [0.4, 0.5) is 0 Å². The van der Waals surface area contributed by atoms with Gasteiger partial charge in [-0.25, -0.2) is 4.98 Å². The molecule has 1 N–H and O–H groups in total. The Morgan fingerprint density at radius 1 is 1.18 bits per heavy atom. The van der Waals surface area contributed by atoms with Crippen LogP contribution in [0.25, 0.3) is 0 Å². The largest absolute Gasteiger partial charge is 0.367 e. The van der Waals surface area contributed by atoms with Gasteiger partial charge < -0.3 is 14.5 Å². The monoisotopic (exact) mass is 443 g/mol. The Labute approximate surface area is 176 Å². The number of aromatic nitrogens is 2. The summed E-state index contributed by atoms with van der Waals surface area (Å²) in [4.78, 5) is 12.4. The van der Waals surface area contributed by atoms with E-state index in [1.807, 2.05) is 47.2 Å². The van der Waals surface area contributed by atoms with Crippen LogP contribution >= 0.6 is 34.8 Å². The third kappa shape index (κ3) is 7.01. The molecule has 2 aromatic carbocycles. The second-order valence-corrected chi connectivity index (χ2v) is 6.81. The van der Waals surface area contributed by atoms with E-state index in [1.165, 1.54) is 0 Å². The van der Waals surface area contributed by atoms with Crippen molar-refractivity contribution in [2.45, 2.75) is 19.3 Å². The zero-order valence-corrected chi connectivity index (χ0v) is 16.7. The van der Waals surface area contributed by atoms with Crippen LogP contribution in [0.2, 0.25) is 15.1 Å². The van der Waals surface area contributed by atoms with E-state index in [2.05, 4.69) is 4.98 Å². The Hall–Kier alpha value is -2.32. The third-order valence-corrected chi connectivity index (χ3v) is 4.57. The van der Waals surface area contributed by atoms with E-state index < -0.39 is 5.09 Å². The number of imidazole rings is 1. The van der Waals surface area contributed by atoms with Gasteiger partial charge in [0.05, 0.1) is 19.5 Å². The summed E-state index contributed by atoms with van der Waals surface area (Å²) in [6.07, 6.45) is 5.11. The summed E-state index contributed by atoms with van der Waals surface area (Å²) in [7, 11) is 0. The first-order valence-corrected chi connectivity index (χ1v) is 9.09. The smallest absolute Gasteiger partial charge is 0.291 e. The first kappa shape index (κ1) is 22.0. The summed E-state index contributed by atoms with van der Waals surface area (Å²) in [5.41, 5.74) is 1.81. The number of ether oxygens (including phenoxy) is 1. The van der Waals surface area contributed by atoms with Crippen molar-refractivity contribution in [2.24, 2.45) is 0 Å². The van der Waals surface area contributed by atoms with Gasteiger partial charge in [-0.2, -0.15) is 0 Å². The second-order valence-electron chi connectivity index (χ2n) is 5.55. The molecule has 1 aromatic heterocycles. The summed E-state index contributed by atoms with van der Waals surface area (Å²) in [6, 6.07) is 13.0. The number of rotatable bonds is 6. The van der Waals surface area contributed by atoms with Crippen LogP contribution in [-0.2, 0) is 17.9 Å². The van der Waals surface area contributed by atoms with Crippen LogP contribution in [-0.4, -0.2) is 19.8 Å². The molecule has 0 aliphatic carbocycles. The maximum atomic E-state index is 8.36. The Morgan fingerprint density at radius 3 is 2.50 bits per heavy atom. The molecule has 3 rings (SSSR count). The van der Waals surface area contributed by atoms with E-state index in [9.17, 15) is 0 Å². The van der Waals surface area contributed by atoms with Gasteiger partial charge in [-0.05, 0) is 23.8 Å². The molecular weight excluding hydrogens is 429 g/mol. The minimum Gasteiger partial charge on any atom is -0.367 e. The maximum absolute atomic E-state index is 8.36. The van der Waals surface area contributed by atoms with Crippen molar-refractivity contribution < 1.29 is 15.0 Å². The lowest BCUT2D eigenvalue weighted by Crippen LogP contribution is -2.12. The van der Waals surface area contributed by atoms with Crippen molar-refractivity contribution in [1.29, 1.82) is 0 Å². The lowest BCUT2D eigenvalue weighted by Gasteiger charge is -2.20. The Morgan fingerprint density at radius 2 is 1.89 bits per heavy atom. The van der Waals surface area contributed by atoms with Crippen molar-refractivity contribution in [3.05, 3.63) is 97.5 Å². The molecule has 0 aliphatic heterocycles. The minimum absolute atomic E-state index is 0.250. The average Bonchev–Trinajstić information content (AvgIpc) is 3.13. The lowest BCUT2D eigenvalue weighted by molar-refractivity contribution is -0.742. The fourth-order valence-corrected chi connectivity index (χ4v) is 3.12. The summed E-state index contributed by atoms with van der Waals surface area (Å²) >= 11 is 18.6. The number of halogens is 3. The molecule has 10 heteroatoms. The zero-order valence-electron chi connectivity index (χ0n) is 14.4. The van der Waals surface area contributed by atoms with Crippen molar-refractivity contribution in [3.63, 3.8) is 0 Å². The zero-order chi connectivity index (χ0) is 20.5. The minimum atomic E-state index is -1.50. The Balaban J connectivity index is 0.000000640. The van der Waals surface area contributed by atoms with Crippen molar-refractivity contribution in [1.82, 2.24) is 9.55 Å². The van der Waals surface area contributed by atoms with Gasteiger partial charge in [0.25, 0.3) is 5.09 Å². The van der Waals surface area contributed by atoms with Gasteiger partial charge in [0.15, 0.2) is 0 Å². The third-order valence-electron chi connectivity index (χ3n) is 3.64. The van der Waals surface area contributed by atoms with Crippen molar-refractivity contribution in [2.75, 3.05) is 0 Å². The van der Waals surface area contributed by atoms with E-state index >= 15 is 0 Å². The van der Waals surface area contributed by atoms with Gasteiger partial charge in [-0.1, -0.05) is 59.1 Å². The van der Waals surface area contributed by atoms with Gasteiger partial charge in [-0.15, -0.1) is 10.1 Å². The van der Waals surface area contributed by atoms with Crippen LogP contribution in [0.5, 0.6) is 0 Å². The summed E-state index contributed by atoms with van der Waals surface area (Å²) in [5.74, 6) is 0. The molecule has 0 saturated carbocycles. The highest BCUT2D eigenvalue weighted by Crippen LogP contribution is 2.31. The SMILES string of the molecule is Clc1ccc(C(Cn2ccnc2)OCc2ccccc2Cl)c(Cl)c1.O=[N+]([O-])O. The number of benzene rings is 2. The van der Waals surface area contributed by atoms with Crippen LogP contribution in [0, 0.1) is 10.1 Å². The fourth-order valence-electron chi connectivity index (χ4n) is 2.40. The van der Waals surface area contributed by atoms with E-state index in [-0.39, 0.29) is 6.10 Å². The summed E-state index contributed by atoms with van der Waals surface area (Å²) < 4.78 is 8.08. The standard InChI is InChI=1S/C18H15Cl3N2O.HNO3/c19-14-5-6-15(17(21)9-14)18(10-23-8-7-22-12-23)24-11-13-3-1-2-4-16(13)20;2-1(3)4/h1-9,12,18H,10-11H2;(H,2,3,4). The molecule has 1 unspecified atom stereocenters. The molecule has 0 radical (unpaired) electrons. The molecule has 0 fully saturated rings. The highest BCUT2D eigenvalue weighted by molar-refractivity contribution is 6.35. The van der Waals surface area contributed by atoms with E-state index in [1.54, 1.807) is 18.6 Å². The topological polar surface area (TPSA) is 90.4 Å². The Kier molecular flexibility index (Phi) is 8.53. The van der Waals surface area contributed by atoms with Crippen LogP contribution in [0.15, 0.2) is 61.2 Å². The molecule has 1 atom stereocenters. The van der Waals surface area contributed by atoms with Crippen molar-refractivity contribution in [3.8, 4) is 0 Å². The van der Waals surface area contributed by atoms with Gasteiger partial charge in [0, 0.05) is 33.0 Å². The first-order valence-electron chi connectivity index (χ1n) is 7.95. The molecule has 7 nitrogen and oxygen atoms in total. The van der Waals surface area contributed by atoms with Gasteiger partial charge in [0.1, 0.15) is 6.10 Å². The van der Waals surface area contributed by atoms with Crippen LogP contribution in [0.1, 0.15) is 17.2 Å². The lowest BCUT2D eigenvalue weighted by atomic mass is 10.1. The highest BCUT2D eigenvalue weighted by atomic mass is 35.5. The van der Waals surface area contributed by atoms with E-state index in [0.29, 0.717) is 28.2 Å². The fraction of sp³-hybridized carbons (Fsp3) is 0.167. The second kappa shape index (κ2) is 10.9. The molecule has 0 amide bonds. The van der Waals surface area contributed by atoms with Crippen LogP contribution in [0.3, 0.4) is 0 Å². The molecule has 0 saturated heterocycles. The molecule has 1 heterocycles. The number of hydrogen-bond acceptors (Lipinski definition) is 4. The predicted molar refractivity (Wildman–Crippen MR) is 106 cm³/mol. The predicted octanol–water partition coefficient (Wildman–Crippen LogP) is 5.45. The van der Waals surface area contributed by atoms with E-state index in [0.717, 1.165) is 11.1 Å². The maximum Gasteiger partial charge on any atom is 0.291 e. The molecule has 0 bridgehead atoms. The molecule has 3 aromatic rings. The summed E-state index contributed by atoms with van der Waals surface area (Å²) in [5, 5.41) is 15.5. The molecule has 28 heavy (non-hydrogen) atoms. The van der Waals surface area contributed by atoms with E-state index in [4.69, 9.17) is 54.9 Å². The van der Waals surface area contributed by atoms with Crippen molar-refractivity contribution >= 4 is 34.8 Å². The van der Waals surface area contributed by atoms with Gasteiger partial charge in [-0.3, -0.25) is 0 Å². The molecule has 0 aliphatic rings. The normalized spacial score (nSPS) is 11.4.